The molecule has 0 saturated carbocycles. The number of hydrogen-bond donors (Lipinski definition) is 11. The van der Waals surface area contributed by atoms with Crippen molar-refractivity contribution in [2.75, 3.05) is 25.4 Å². The fourth-order valence-corrected chi connectivity index (χ4v) is 5.71. The Labute approximate surface area is 311 Å². The molecule has 0 bridgehead atoms. The molecule has 0 radical (unpaired) electrons. The van der Waals surface area contributed by atoms with Crippen molar-refractivity contribution in [2.45, 2.75) is 94.2 Å². The fraction of sp³-hybridized carbons (Fsp3) is 0.576. The maximum Gasteiger partial charge on any atom is 0.325 e. The molecule has 7 atom stereocenters. The fourth-order valence-electron chi connectivity index (χ4n) is 5.45. The predicted octanol–water partition coefficient (Wildman–Crippen LogP) is -3.40. The van der Waals surface area contributed by atoms with Crippen LogP contribution in [-0.4, -0.2) is 135 Å². The summed E-state index contributed by atoms with van der Waals surface area (Å²) in [6.07, 6.45) is 0.928. The van der Waals surface area contributed by atoms with Gasteiger partial charge < -0.3 is 58.3 Å². The maximum absolute atomic E-state index is 13.8. The molecular formula is C33H50N8O11S. The minimum absolute atomic E-state index is 0.0942. The number of nitrogens with two attached hydrogens (primary N) is 2. The molecule has 19 nitrogen and oxygen atoms in total. The van der Waals surface area contributed by atoms with E-state index >= 15 is 0 Å². The van der Waals surface area contributed by atoms with Gasteiger partial charge >= 0.3 is 11.9 Å². The smallest absolute Gasteiger partial charge is 0.325 e. The first-order chi connectivity index (χ1) is 25.1. The number of rotatable bonds is 22. The number of amides is 6. The molecular weight excluding hydrogens is 716 g/mol. The summed E-state index contributed by atoms with van der Waals surface area (Å²) in [5.74, 6) is -7.77. The second-order valence-electron chi connectivity index (χ2n) is 12.5. The van der Waals surface area contributed by atoms with Gasteiger partial charge in [-0.3, -0.25) is 38.4 Å². The van der Waals surface area contributed by atoms with E-state index in [-0.39, 0.29) is 31.6 Å². The average molecular weight is 767 g/mol. The van der Waals surface area contributed by atoms with Gasteiger partial charge in [0, 0.05) is 18.7 Å². The van der Waals surface area contributed by atoms with Gasteiger partial charge in [-0.05, 0) is 51.1 Å². The topological polar surface area (TPSA) is 313 Å². The summed E-state index contributed by atoms with van der Waals surface area (Å²) in [5.41, 5.74) is 11.8. The van der Waals surface area contributed by atoms with Crippen LogP contribution >= 0.6 is 12.6 Å². The molecule has 6 amide bonds. The van der Waals surface area contributed by atoms with Crippen LogP contribution in [0.15, 0.2) is 30.3 Å². The van der Waals surface area contributed by atoms with E-state index in [0.717, 1.165) is 0 Å². The van der Waals surface area contributed by atoms with E-state index in [0.29, 0.717) is 31.4 Å². The molecule has 0 aromatic heterocycles. The normalized spacial score (nSPS) is 17.2. The lowest BCUT2D eigenvalue weighted by Gasteiger charge is -2.30. The van der Waals surface area contributed by atoms with Crippen LogP contribution in [0.3, 0.4) is 0 Å². The van der Waals surface area contributed by atoms with E-state index in [1.807, 2.05) is 0 Å². The Morgan fingerprint density at radius 1 is 0.849 bits per heavy atom. The summed E-state index contributed by atoms with van der Waals surface area (Å²) >= 11 is 4.09. The molecule has 20 heteroatoms. The molecule has 0 spiro atoms. The Hall–Kier alpha value is -4.79. The lowest BCUT2D eigenvalue weighted by molar-refractivity contribution is -0.144. The molecule has 1 fully saturated rings. The number of carbonyl (C=O) groups is 8. The van der Waals surface area contributed by atoms with Crippen molar-refractivity contribution in [2.24, 2.45) is 11.5 Å². The summed E-state index contributed by atoms with van der Waals surface area (Å²) in [6.45, 7) is 0.842. The molecule has 53 heavy (non-hydrogen) atoms. The predicted molar refractivity (Wildman–Crippen MR) is 192 cm³/mol. The van der Waals surface area contributed by atoms with E-state index in [1.54, 1.807) is 30.3 Å². The first-order valence-corrected chi connectivity index (χ1v) is 17.7. The Balaban J connectivity index is 2.25. The first-order valence-electron chi connectivity index (χ1n) is 17.1. The number of carboxylic acids is 2. The van der Waals surface area contributed by atoms with Crippen LogP contribution in [0, 0.1) is 0 Å². The summed E-state index contributed by atoms with van der Waals surface area (Å²) < 4.78 is 0. The molecule has 1 aliphatic rings. The summed E-state index contributed by atoms with van der Waals surface area (Å²) in [4.78, 5) is 103. The van der Waals surface area contributed by atoms with Gasteiger partial charge in [0.25, 0.3) is 0 Å². The Kier molecular flexibility index (Phi) is 18.7. The number of thiol groups is 1. The molecule has 2 rings (SSSR count). The highest BCUT2D eigenvalue weighted by atomic mass is 32.1. The van der Waals surface area contributed by atoms with Gasteiger partial charge in [0.2, 0.25) is 35.4 Å². The van der Waals surface area contributed by atoms with E-state index in [4.69, 9.17) is 16.6 Å². The molecule has 0 aliphatic carbocycles. The number of aliphatic hydroxyl groups is 1. The number of hydrogen-bond acceptors (Lipinski definition) is 12. The van der Waals surface area contributed by atoms with Crippen molar-refractivity contribution in [3.8, 4) is 0 Å². The standard InChI is InChI=1S/C33H50N8O11S/c1-18(33(51)52)36-31(49)25-11-7-13-41(25)32(50)21(10-5-6-12-34)37-29(47)23(16-42)39-28(46)22(14-19-8-3-2-4-9-19)38-30(48)24(17-53)40-27(45)20(35)15-26(43)44/h2-4,8-9,18,20-25,42,53H,5-7,10-17,34-35H2,1H3,(H,36,49)(H,37,47)(H,38,48)(H,39,46)(H,40,45)(H,43,44)(H,51,52)/t18-,20-,21-,22-,23-,24-,25-/m0/s1. The van der Waals surface area contributed by atoms with Crippen LogP contribution in [0.5, 0.6) is 0 Å². The van der Waals surface area contributed by atoms with Crippen LogP contribution in [0.2, 0.25) is 0 Å². The highest BCUT2D eigenvalue weighted by molar-refractivity contribution is 7.80. The van der Waals surface area contributed by atoms with Gasteiger partial charge in [-0.2, -0.15) is 12.6 Å². The molecule has 1 heterocycles. The molecule has 1 aromatic rings. The second-order valence-corrected chi connectivity index (χ2v) is 12.9. The van der Waals surface area contributed by atoms with Gasteiger partial charge in [0.05, 0.1) is 19.1 Å². The molecule has 1 aliphatic heterocycles. The van der Waals surface area contributed by atoms with Gasteiger partial charge in [-0.15, -0.1) is 0 Å². The minimum atomic E-state index is -1.61. The van der Waals surface area contributed by atoms with E-state index in [2.05, 4.69) is 39.2 Å². The number of likely N-dealkylation sites (tertiary alicyclic amines) is 1. The zero-order valence-electron chi connectivity index (χ0n) is 29.4. The van der Waals surface area contributed by atoms with Crippen LogP contribution in [0.25, 0.3) is 0 Å². The third-order valence-electron chi connectivity index (χ3n) is 8.41. The largest absolute Gasteiger partial charge is 0.481 e. The van der Waals surface area contributed by atoms with Crippen molar-refractivity contribution in [3.05, 3.63) is 35.9 Å². The summed E-state index contributed by atoms with van der Waals surface area (Å²) in [6, 6.07) is -0.668. The second kappa shape index (κ2) is 22.3. The Bertz CT molecular complexity index is 1450. The van der Waals surface area contributed by atoms with Crippen LogP contribution < -0.4 is 38.1 Å². The summed E-state index contributed by atoms with van der Waals surface area (Å²) in [5, 5.41) is 40.4. The third kappa shape index (κ3) is 14.3. The number of carboxylic acid groups (broad SMARTS) is 2. The van der Waals surface area contributed by atoms with Gasteiger partial charge in [-0.25, -0.2) is 0 Å². The number of aliphatic hydroxyl groups excluding tert-OH is 1. The highest BCUT2D eigenvalue weighted by Gasteiger charge is 2.39. The van der Waals surface area contributed by atoms with Crippen LogP contribution in [-0.2, 0) is 44.8 Å². The monoisotopic (exact) mass is 766 g/mol. The zero-order chi connectivity index (χ0) is 39.7. The number of carbonyl (C=O) groups excluding carboxylic acids is 6. The van der Waals surface area contributed by atoms with Crippen molar-refractivity contribution in [1.29, 1.82) is 0 Å². The molecule has 1 saturated heterocycles. The molecule has 12 N–H and O–H groups in total. The molecule has 294 valence electrons. The number of benzene rings is 1. The van der Waals surface area contributed by atoms with Crippen LogP contribution in [0.4, 0.5) is 0 Å². The molecule has 0 unspecified atom stereocenters. The Morgan fingerprint density at radius 2 is 1.43 bits per heavy atom. The van der Waals surface area contributed by atoms with Crippen molar-refractivity contribution in [3.63, 3.8) is 0 Å². The molecule has 1 aromatic carbocycles. The van der Waals surface area contributed by atoms with Crippen molar-refractivity contribution in [1.82, 2.24) is 31.5 Å². The number of nitrogens with zero attached hydrogens (tertiary/aromatic N) is 1. The Morgan fingerprint density at radius 3 is 2.02 bits per heavy atom. The van der Waals surface area contributed by atoms with E-state index in [1.165, 1.54) is 11.8 Å². The number of unbranched alkanes of at least 4 members (excludes halogenated alkanes) is 1. The SMILES string of the molecule is C[C@H](NC(=O)[C@@H]1CCCN1C(=O)[C@H](CCCCN)NC(=O)[C@H](CO)NC(=O)[C@H](Cc1ccccc1)NC(=O)[C@H](CS)NC(=O)[C@@H](N)CC(=O)O)C(=O)O. The van der Waals surface area contributed by atoms with Crippen molar-refractivity contribution >= 4 is 60.0 Å². The summed E-state index contributed by atoms with van der Waals surface area (Å²) in [7, 11) is 0. The van der Waals surface area contributed by atoms with E-state index < -0.39 is 103 Å². The third-order valence-corrected chi connectivity index (χ3v) is 8.77. The van der Waals surface area contributed by atoms with E-state index in [9.17, 15) is 48.6 Å². The van der Waals surface area contributed by atoms with Crippen LogP contribution in [0.1, 0.15) is 51.0 Å². The quantitative estimate of drug-likeness (QED) is 0.0406. The average Bonchev–Trinajstić information content (AvgIpc) is 3.62. The van der Waals surface area contributed by atoms with Gasteiger partial charge in [-0.1, -0.05) is 30.3 Å². The van der Waals surface area contributed by atoms with Crippen molar-refractivity contribution < 1.29 is 53.7 Å². The lowest BCUT2D eigenvalue weighted by Crippen LogP contribution is -2.61. The number of nitrogens with one attached hydrogen (secondary N) is 5. The first kappa shape index (κ1) is 44.4. The highest BCUT2D eigenvalue weighted by Crippen LogP contribution is 2.20. The maximum atomic E-state index is 13.8. The zero-order valence-corrected chi connectivity index (χ0v) is 30.3. The lowest BCUT2D eigenvalue weighted by atomic mass is 10.0. The number of aliphatic carboxylic acids is 2. The minimum Gasteiger partial charge on any atom is -0.481 e. The van der Waals surface area contributed by atoms with Gasteiger partial charge in [0.1, 0.15) is 36.3 Å². The van der Waals surface area contributed by atoms with Gasteiger partial charge in [0.15, 0.2) is 0 Å².